The van der Waals surface area contributed by atoms with E-state index in [1.807, 2.05) is 6.07 Å². The largest absolute Gasteiger partial charge is 0.312 e. The van der Waals surface area contributed by atoms with E-state index in [1.54, 1.807) is 6.07 Å². The van der Waals surface area contributed by atoms with Gasteiger partial charge in [0, 0.05) is 12.6 Å². The van der Waals surface area contributed by atoms with Crippen molar-refractivity contribution in [2.45, 2.75) is 19.9 Å². The van der Waals surface area contributed by atoms with Gasteiger partial charge in [0.25, 0.3) is 5.69 Å². The van der Waals surface area contributed by atoms with Gasteiger partial charge in [-0.25, -0.2) is 0 Å². The Hall–Kier alpha value is -1.13. The molecular weight excluding hydrogens is 240 g/mol. The van der Waals surface area contributed by atoms with Crippen LogP contribution in [-0.4, -0.2) is 11.5 Å². The maximum Gasteiger partial charge on any atom is 0.288 e. The average molecular weight is 255 g/mol. The number of hydrogen-bond acceptors (Lipinski definition) is 3. The molecule has 0 amide bonds. The normalized spacial score (nSPS) is 22.5. The van der Waals surface area contributed by atoms with Crippen molar-refractivity contribution in [3.63, 3.8) is 0 Å². The minimum absolute atomic E-state index is 0.0224. The van der Waals surface area contributed by atoms with Crippen LogP contribution in [0.1, 0.15) is 18.9 Å². The van der Waals surface area contributed by atoms with Crippen LogP contribution in [0.3, 0.4) is 0 Å². The van der Waals surface area contributed by atoms with Crippen molar-refractivity contribution in [1.82, 2.24) is 5.32 Å². The maximum atomic E-state index is 10.7. The number of benzene rings is 1. The summed E-state index contributed by atoms with van der Waals surface area (Å²) >= 11 is 5.74. The second kappa shape index (κ2) is 5.02. The highest BCUT2D eigenvalue weighted by Gasteiger charge is 2.31. The first-order chi connectivity index (χ1) is 8.08. The smallest absolute Gasteiger partial charge is 0.288 e. The standard InChI is InChI=1S/C12H15ClN2O2/c1-8-4-10(8)7-14-6-9-2-3-11(13)12(5-9)15(16)17/h2-3,5,8,10,14H,4,6-7H2,1H3. The van der Waals surface area contributed by atoms with E-state index in [1.165, 1.54) is 12.5 Å². The van der Waals surface area contributed by atoms with Gasteiger partial charge in [0.15, 0.2) is 0 Å². The van der Waals surface area contributed by atoms with E-state index < -0.39 is 4.92 Å². The van der Waals surface area contributed by atoms with Gasteiger partial charge < -0.3 is 5.32 Å². The van der Waals surface area contributed by atoms with Crippen LogP contribution in [0.15, 0.2) is 18.2 Å². The fourth-order valence-electron chi connectivity index (χ4n) is 1.89. The fraction of sp³-hybridized carbons (Fsp3) is 0.500. The molecule has 0 heterocycles. The van der Waals surface area contributed by atoms with Gasteiger partial charge in [0.1, 0.15) is 5.02 Å². The van der Waals surface area contributed by atoms with Crippen molar-refractivity contribution in [3.8, 4) is 0 Å². The molecular formula is C12H15ClN2O2. The van der Waals surface area contributed by atoms with E-state index in [0.29, 0.717) is 6.54 Å². The number of halogens is 1. The summed E-state index contributed by atoms with van der Waals surface area (Å²) < 4.78 is 0. The van der Waals surface area contributed by atoms with Crippen LogP contribution in [-0.2, 0) is 6.54 Å². The molecule has 92 valence electrons. The highest BCUT2D eigenvalue weighted by molar-refractivity contribution is 6.32. The van der Waals surface area contributed by atoms with Gasteiger partial charge in [-0.15, -0.1) is 0 Å². The van der Waals surface area contributed by atoms with Crippen molar-refractivity contribution in [3.05, 3.63) is 38.9 Å². The van der Waals surface area contributed by atoms with Gasteiger partial charge in [-0.2, -0.15) is 0 Å². The zero-order valence-corrected chi connectivity index (χ0v) is 10.4. The first kappa shape index (κ1) is 12.3. The van der Waals surface area contributed by atoms with Gasteiger partial charge in [-0.05, 0) is 36.4 Å². The molecule has 0 saturated heterocycles. The Morgan fingerprint density at radius 2 is 2.29 bits per heavy atom. The number of nitro benzene ring substituents is 1. The van der Waals surface area contributed by atoms with E-state index in [4.69, 9.17) is 11.6 Å². The summed E-state index contributed by atoms with van der Waals surface area (Å²) in [6.07, 6.45) is 1.29. The Kier molecular flexibility index (Phi) is 3.64. The van der Waals surface area contributed by atoms with E-state index in [9.17, 15) is 10.1 Å². The lowest BCUT2D eigenvalue weighted by molar-refractivity contribution is -0.384. The van der Waals surface area contributed by atoms with Crippen molar-refractivity contribution < 1.29 is 4.92 Å². The van der Waals surface area contributed by atoms with Gasteiger partial charge in [0.2, 0.25) is 0 Å². The molecule has 0 aromatic heterocycles. The molecule has 1 N–H and O–H groups in total. The Bertz CT molecular complexity index is 437. The van der Waals surface area contributed by atoms with Crippen molar-refractivity contribution in [2.24, 2.45) is 11.8 Å². The van der Waals surface area contributed by atoms with Crippen LogP contribution >= 0.6 is 11.6 Å². The van der Waals surface area contributed by atoms with Crippen LogP contribution in [0.5, 0.6) is 0 Å². The summed E-state index contributed by atoms with van der Waals surface area (Å²) in [7, 11) is 0. The molecule has 0 bridgehead atoms. The summed E-state index contributed by atoms with van der Waals surface area (Å²) in [5.74, 6) is 1.60. The molecule has 1 aromatic carbocycles. The molecule has 1 saturated carbocycles. The first-order valence-electron chi connectivity index (χ1n) is 5.71. The van der Waals surface area contributed by atoms with Crippen LogP contribution in [0.25, 0.3) is 0 Å². The number of nitro groups is 1. The van der Waals surface area contributed by atoms with Crippen LogP contribution < -0.4 is 5.32 Å². The SMILES string of the molecule is CC1CC1CNCc1ccc(Cl)c([N+](=O)[O-])c1. The highest BCUT2D eigenvalue weighted by Crippen LogP contribution is 2.36. The zero-order valence-electron chi connectivity index (χ0n) is 9.65. The first-order valence-corrected chi connectivity index (χ1v) is 6.09. The average Bonchev–Trinajstić information content (AvgIpc) is 2.97. The van der Waals surface area contributed by atoms with E-state index >= 15 is 0 Å². The lowest BCUT2D eigenvalue weighted by Gasteiger charge is -2.04. The van der Waals surface area contributed by atoms with Gasteiger partial charge in [0.05, 0.1) is 4.92 Å². The second-order valence-corrected chi connectivity index (χ2v) is 5.05. The molecule has 5 heteroatoms. The third-order valence-electron chi connectivity index (χ3n) is 3.22. The molecule has 1 fully saturated rings. The Morgan fingerprint density at radius 1 is 1.59 bits per heavy atom. The summed E-state index contributed by atoms with van der Waals surface area (Å²) in [5, 5.41) is 14.2. The summed E-state index contributed by atoms with van der Waals surface area (Å²) in [6.45, 7) is 3.87. The Balaban J connectivity index is 1.91. The fourth-order valence-corrected chi connectivity index (χ4v) is 2.08. The van der Waals surface area contributed by atoms with Crippen molar-refractivity contribution >= 4 is 17.3 Å². The predicted octanol–water partition coefficient (Wildman–Crippen LogP) is 2.99. The number of rotatable bonds is 5. The zero-order chi connectivity index (χ0) is 12.4. The van der Waals surface area contributed by atoms with E-state index in [0.717, 1.165) is 23.9 Å². The molecule has 1 aliphatic rings. The lowest BCUT2D eigenvalue weighted by Crippen LogP contribution is -2.16. The van der Waals surface area contributed by atoms with Crippen molar-refractivity contribution in [1.29, 1.82) is 0 Å². The molecule has 2 rings (SSSR count). The van der Waals surface area contributed by atoms with Gasteiger partial charge in [-0.1, -0.05) is 24.6 Å². The highest BCUT2D eigenvalue weighted by atomic mass is 35.5. The van der Waals surface area contributed by atoms with Gasteiger partial charge in [-0.3, -0.25) is 10.1 Å². The second-order valence-electron chi connectivity index (χ2n) is 4.65. The molecule has 0 aliphatic heterocycles. The number of hydrogen-bond donors (Lipinski definition) is 1. The lowest BCUT2D eigenvalue weighted by atomic mass is 10.2. The molecule has 0 spiro atoms. The van der Waals surface area contributed by atoms with Gasteiger partial charge >= 0.3 is 0 Å². The van der Waals surface area contributed by atoms with Crippen LogP contribution in [0.4, 0.5) is 5.69 Å². The summed E-state index contributed by atoms with van der Waals surface area (Å²) in [4.78, 5) is 10.3. The molecule has 2 unspecified atom stereocenters. The Labute approximate surface area is 105 Å². The monoisotopic (exact) mass is 254 g/mol. The van der Waals surface area contributed by atoms with Crippen LogP contribution in [0.2, 0.25) is 5.02 Å². The summed E-state index contributed by atoms with van der Waals surface area (Å²) in [5.41, 5.74) is 0.875. The Morgan fingerprint density at radius 3 is 2.88 bits per heavy atom. The minimum atomic E-state index is -0.450. The van der Waals surface area contributed by atoms with E-state index in [-0.39, 0.29) is 10.7 Å². The third-order valence-corrected chi connectivity index (χ3v) is 3.54. The predicted molar refractivity (Wildman–Crippen MR) is 67.1 cm³/mol. The maximum absolute atomic E-state index is 10.7. The molecule has 1 aliphatic carbocycles. The van der Waals surface area contributed by atoms with Crippen molar-refractivity contribution in [2.75, 3.05) is 6.54 Å². The molecule has 17 heavy (non-hydrogen) atoms. The third kappa shape index (κ3) is 3.17. The number of nitrogens with zero attached hydrogens (tertiary/aromatic N) is 1. The van der Waals surface area contributed by atoms with E-state index in [2.05, 4.69) is 12.2 Å². The quantitative estimate of drug-likeness (QED) is 0.649. The molecule has 1 aromatic rings. The number of nitrogens with one attached hydrogen (secondary N) is 1. The molecule has 2 atom stereocenters. The topological polar surface area (TPSA) is 55.2 Å². The van der Waals surface area contributed by atoms with Crippen LogP contribution in [0, 0.1) is 22.0 Å². The summed E-state index contributed by atoms with van der Waals surface area (Å²) in [6, 6.07) is 4.93. The molecule has 4 nitrogen and oxygen atoms in total. The minimum Gasteiger partial charge on any atom is -0.312 e. The molecule has 0 radical (unpaired) electrons.